The second-order valence-corrected chi connectivity index (χ2v) is 8.59. The van der Waals surface area contributed by atoms with Crippen LogP contribution in [0.4, 0.5) is 0 Å². The fourth-order valence-corrected chi connectivity index (χ4v) is 3.73. The Morgan fingerprint density at radius 2 is 1.82 bits per heavy atom. The lowest BCUT2D eigenvalue weighted by molar-refractivity contribution is 0.0168. The van der Waals surface area contributed by atoms with Crippen LogP contribution in [0.3, 0.4) is 0 Å². The number of para-hydroxylation sites is 1. The van der Waals surface area contributed by atoms with Crippen LogP contribution in [0.25, 0.3) is 5.69 Å². The van der Waals surface area contributed by atoms with E-state index in [1.54, 1.807) is 0 Å². The molecule has 1 aromatic heterocycles. The smallest absolute Gasteiger partial charge is 0.227 e. The first-order chi connectivity index (χ1) is 16.4. The van der Waals surface area contributed by atoms with Crippen LogP contribution in [0.2, 0.25) is 0 Å². The third-order valence-corrected chi connectivity index (χ3v) is 5.89. The van der Waals surface area contributed by atoms with Gasteiger partial charge in [-0.25, -0.2) is 4.68 Å². The van der Waals surface area contributed by atoms with E-state index in [4.69, 9.17) is 21.0 Å². The summed E-state index contributed by atoms with van der Waals surface area (Å²) in [5, 5.41) is 15.4. The normalized spacial score (nSPS) is 13.0. The highest BCUT2D eigenvalue weighted by Crippen LogP contribution is 2.32. The van der Waals surface area contributed by atoms with E-state index in [-0.39, 0.29) is 19.3 Å². The summed E-state index contributed by atoms with van der Waals surface area (Å²) in [6.45, 7) is 9.79. The van der Waals surface area contributed by atoms with Gasteiger partial charge in [-0.2, -0.15) is 5.10 Å². The van der Waals surface area contributed by atoms with Crippen LogP contribution in [0, 0.1) is 26.2 Å². The number of aliphatic hydroxyl groups is 1. The van der Waals surface area contributed by atoms with Crippen LogP contribution >= 0.6 is 0 Å². The molecule has 0 bridgehead atoms. The van der Waals surface area contributed by atoms with E-state index in [0.717, 1.165) is 29.1 Å². The van der Waals surface area contributed by atoms with Crippen molar-refractivity contribution in [3.05, 3.63) is 71.4 Å². The molecule has 0 saturated carbocycles. The second kappa shape index (κ2) is 12.4. The minimum atomic E-state index is -0.645. The fourth-order valence-electron chi connectivity index (χ4n) is 3.73. The standard InChI is InChI=1S/C28H35N3O3/c1-6-17-33-20-25(32)18-30(22(4)7-2)19-27-23(5)29-31(24-11-9-8-10-12-24)28(27)34-26-15-13-21(3)14-16-26/h1,8-16,22,25,32H,7,17-20H2,2-5H3/t22-,25+/m1/s1. The molecule has 3 rings (SSSR count). The Kier molecular flexibility index (Phi) is 9.29. The maximum Gasteiger partial charge on any atom is 0.227 e. The van der Waals surface area contributed by atoms with Crippen molar-refractivity contribution in [1.82, 2.24) is 14.7 Å². The minimum absolute atomic E-state index is 0.192. The predicted molar refractivity (Wildman–Crippen MR) is 135 cm³/mol. The molecular formula is C28H35N3O3. The number of hydrogen-bond acceptors (Lipinski definition) is 5. The lowest BCUT2D eigenvalue weighted by Crippen LogP contribution is -2.40. The average Bonchev–Trinajstić information content (AvgIpc) is 3.15. The highest BCUT2D eigenvalue weighted by atomic mass is 16.5. The molecule has 34 heavy (non-hydrogen) atoms. The lowest BCUT2D eigenvalue weighted by Gasteiger charge is -2.30. The summed E-state index contributed by atoms with van der Waals surface area (Å²) in [6, 6.07) is 18.2. The Balaban J connectivity index is 1.95. The van der Waals surface area contributed by atoms with E-state index in [9.17, 15) is 5.11 Å². The van der Waals surface area contributed by atoms with Gasteiger partial charge >= 0.3 is 0 Å². The van der Waals surface area contributed by atoms with Crippen molar-refractivity contribution >= 4 is 0 Å². The molecule has 2 aromatic carbocycles. The maximum atomic E-state index is 10.6. The number of rotatable bonds is 12. The largest absolute Gasteiger partial charge is 0.439 e. The van der Waals surface area contributed by atoms with Gasteiger partial charge in [0.05, 0.1) is 29.7 Å². The molecule has 0 radical (unpaired) electrons. The summed E-state index contributed by atoms with van der Waals surface area (Å²) in [5.74, 6) is 3.87. The summed E-state index contributed by atoms with van der Waals surface area (Å²) in [5.41, 5.74) is 3.97. The molecule has 6 heteroatoms. The van der Waals surface area contributed by atoms with Gasteiger partial charge in [-0.15, -0.1) is 6.42 Å². The number of aromatic nitrogens is 2. The Morgan fingerprint density at radius 1 is 1.12 bits per heavy atom. The van der Waals surface area contributed by atoms with Crippen molar-refractivity contribution < 1.29 is 14.6 Å². The summed E-state index contributed by atoms with van der Waals surface area (Å²) >= 11 is 0. The second-order valence-electron chi connectivity index (χ2n) is 8.59. The number of terminal acetylenes is 1. The van der Waals surface area contributed by atoms with Gasteiger partial charge in [0.25, 0.3) is 0 Å². The maximum absolute atomic E-state index is 10.6. The van der Waals surface area contributed by atoms with Crippen molar-refractivity contribution in [1.29, 1.82) is 0 Å². The molecule has 3 aromatic rings. The van der Waals surface area contributed by atoms with Crippen LogP contribution in [0.15, 0.2) is 54.6 Å². The molecule has 0 spiro atoms. The van der Waals surface area contributed by atoms with Crippen LogP contribution in [0.1, 0.15) is 37.1 Å². The third-order valence-electron chi connectivity index (χ3n) is 5.89. The molecule has 0 aliphatic heterocycles. The van der Waals surface area contributed by atoms with E-state index in [1.165, 1.54) is 5.56 Å². The van der Waals surface area contributed by atoms with Gasteiger partial charge < -0.3 is 14.6 Å². The molecule has 0 saturated heterocycles. The molecule has 0 amide bonds. The van der Waals surface area contributed by atoms with Gasteiger partial charge in [0.2, 0.25) is 5.88 Å². The van der Waals surface area contributed by atoms with Crippen molar-refractivity contribution in [2.45, 2.75) is 52.8 Å². The average molecular weight is 462 g/mol. The van der Waals surface area contributed by atoms with Crippen molar-refractivity contribution in [3.8, 4) is 29.7 Å². The van der Waals surface area contributed by atoms with E-state index in [2.05, 4.69) is 31.6 Å². The topological polar surface area (TPSA) is 59.8 Å². The number of nitrogens with zero attached hydrogens (tertiary/aromatic N) is 3. The lowest BCUT2D eigenvalue weighted by atomic mass is 10.1. The fraction of sp³-hybridized carbons (Fsp3) is 0.393. The van der Waals surface area contributed by atoms with E-state index >= 15 is 0 Å². The Morgan fingerprint density at radius 3 is 2.47 bits per heavy atom. The van der Waals surface area contributed by atoms with E-state index in [1.807, 2.05) is 66.2 Å². The molecule has 1 heterocycles. The van der Waals surface area contributed by atoms with E-state index < -0.39 is 6.10 Å². The Hall–Kier alpha value is -3.11. The minimum Gasteiger partial charge on any atom is -0.439 e. The van der Waals surface area contributed by atoms with E-state index in [0.29, 0.717) is 19.0 Å². The van der Waals surface area contributed by atoms with Gasteiger partial charge in [-0.3, -0.25) is 4.90 Å². The molecule has 2 atom stereocenters. The van der Waals surface area contributed by atoms with Crippen molar-refractivity contribution in [2.75, 3.05) is 19.8 Å². The molecule has 0 fully saturated rings. The first-order valence-corrected chi connectivity index (χ1v) is 11.7. The van der Waals surface area contributed by atoms with Gasteiger partial charge in [-0.05, 0) is 51.5 Å². The van der Waals surface area contributed by atoms with Gasteiger partial charge in [0, 0.05) is 19.1 Å². The first-order valence-electron chi connectivity index (χ1n) is 11.7. The molecule has 0 aliphatic rings. The number of ether oxygens (including phenoxy) is 2. The molecule has 0 aliphatic carbocycles. The number of hydrogen-bond donors (Lipinski definition) is 1. The molecule has 0 unspecified atom stereocenters. The quantitative estimate of drug-likeness (QED) is 0.307. The highest BCUT2D eigenvalue weighted by molar-refractivity contribution is 5.43. The SMILES string of the molecule is C#CCOC[C@@H](O)CN(Cc1c(C)nn(-c2ccccc2)c1Oc1ccc(C)cc1)[C@H](C)CC. The summed E-state index contributed by atoms with van der Waals surface area (Å²) in [6.07, 6.45) is 5.55. The number of benzene rings is 2. The molecule has 180 valence electrons. The van der Waals surface area contributed by atoms with Crippen LogP contribution in [0.5, 0.6) is 11.6 Å². The zero-order valence-corrected chi connectivity index (χ0v) is 20.6. The Bertz CT molecular complexity index is 1070. The summed E-state index contributed by atoms with van der Waals surface area (Å²) in [7, 11) is 0. The summed E-state index contributed by atoms with van der Waals surface area (Å²) in [4.78, 5) is 2.24. The molecule has 1 N–H and O–H groups in total. The predicted octanol–water partition coefficient (Wildman–Crippen LogP) is 4.89. The summed E-state index contributed by atoms with van der Waals surface area (Å²) < 4.78 is 13.6. The molecular weight excluding hydrogens is 426 g/mol. The van der Waals surface area contributed by atoms with Crippen LogP contribution in [-0.2, 0) is 11.3 Å². The highest BCUT2D eigenvalue weighted by Gasteiger charge is 2.24. The number of aryl methyl sites for hydroxylation is 2. The van der Waals surface area contributed by atoms with Crippen molar-refractivity contribution in [3.63, 3.8) is 0 Å². The molecule has 6 nitrogen and oxygen atoms in total. The van der Waals surface area contributed by atoms with Gasteiger partial charge in [0.1, 0.15) is 12.4 Å². The van der Waals surface area contributed by atoms with Crippen LogP contribution < -0.4 is 4.74 Å². The monoisotopic (exact) mass is 461 g/mol. The number of aliphatic hydroxyl groups excluding tert-OH is 1. The van der Waals surface area contributed by atoms with Gasteiger partial charge in [-0.1, -0.05) is 48.7 Å². The first kappa shape index (κ1) is 25.5. The van der Waals surface area contributed by atoms with Crippen molar-refractivity contribution in [2.24, 2.45) is 0 Å². The van der Waals surface area contributed by atoms with Crippen LogP contribution in [-0.4, -0.2) is 51.7 Å². The zero-order chi connectivity index (χ0) is 24.5. The zero-order valence-electron chi connectivity index (χ0n) is 20.6. The Labute approximate surface area is 203 Å². The van der Waals surface area contributed by atoms with Gasteiger partial charge in [0.15, 0.2) is 0 Å². The third kappa shape index (κ3) is 6.71.